The highest BCUT2D eigenvalue weighted by Gasteiger charge is 2.12. The zero-order valence-electron chi connectivity index (χ0n) is 15.9. The van der Waals surface area contributed by atoms with Crippen molar-refractivity contribution < 1.29 is 23.7 Å². The third-order valence-electron chi connectivity index (χ3n) is 3.89. The number of rotatable bonds is 7. The fourth-order valence-electron chi connectivity index (χ4n) is 2.45. The van der Waals surface area contributed by atoms with Crippen molar-refractivity contribution in [3.05, 3.63) is 46.5 Å². The van der Waals surface area contributed by atoms with Crippen LogP contribution in [0.5, 0.6) is 23.0 Å². The molecule has 0 saturated carbocycles. The highest BCUT2D eigenvalue weighted by atomic mass is 35.5. The van der Waals surface area contributed by atoms with Crippen LogP contribution in [-0.2, 0) is 4.79 Å². The minimum Gasteiger partial charge on any atom is -0.496 e. The highest BCUT2D eigenvalue weighted by molar-refractivity contribution is 6.31. The first-order valence-corrected chi connectivity index (χ1v) is 8.44. The molecule has 2 rings (SSSR count). The van der Waals surface area contributed by atoms with E-state index in [1.807, 2.05) is 6.92 Å². The number of carbonyl (C=O) groups is 1. The number of hydrogen-bond acceptors (Lipinski definition) is 5. The molecule has 7 heteroatoms. The van der Waals surface area contributed by atoms with E-state index in [-0.39, 0.29) is 5.91 Å². The molecule has 0 unspecified atom stereocenters. The van der Waals surface area contributed by atoms with E-state index in [0.29, 0.717) is 39.3 Å². The zero-order chi connectivity index (χ0) is 20.0. The summed E-state index contributed by atoms with van der Waals surface area (Å²) in [6.45, 7) is 1.85. The first-order valence-electron chi connectivity index (χ1n) is 8.06. The lowest BCUT2D eigenvalue weighted by molar-refractivity contribution is -0.111. The van der Waals surface area contributed by atoms with Gasteiger partial charge in [-0.15, -0.1) is 0 Å². The summed E-state index contributed by atoms with van der Waals surface area (Å²) in [7, 11) is 6.14. The molecular formula is C20H22ClNO5. The summed E-state index contributed by atoms with van der Waals surface area (Å²) in [6.07, 6.45) is 3.03. The number of benzene rings is 2. The van der Waals surface area contributed by atoms with Crippen LogP contribution in [0.15, 0.2) is 30.3 Å². The van der Waals surface area contributed by atoms with Crippen molar-refractivity contribution in [1.82, 2.24) is 0 Å². The number of amides is 1. The van der Waals surface area contributed by atoms with E-state index in [0.717, 1.165) is 5.56 Å². The number of carbonyl (C=O) groups excluding carboxylic acids is 1. The number of hydrogen-bond donors (Lipinski definition) is 1. The molecule has 0 aromatic heterocycles. The maximum absolute atomic E-state index is 12.3. The van der Waals surface area contributed by atoms with Gasteiger partial charge in [0.15, 0.2) is 11.5 Å². The van der Waals surface area contributed by atoms with Gasteiger partial charge in [-0.05, 0) is 30.7 Å². The summed E-state index contributed by atoms with van der Waals surface area (Å²) in [5.74, 6) is 1.78. The number of halogens is 1. The number of ether oxygens (including phenoxy) is 4. The van der Waals surface area contributed by atoms with E-state index in [4.69, 9.17) is 30.5 Å². The molecule has 144 valence electrons. The summed E-state index contributed by atoms with van der Waals surface area (Å²) in [6, 6.07) is 6.84. The Morgan fingerprint density at radius 3 is 2.07 bits per heavy atom. The Balaban J connectivity index is 2.26. The third kappa shape index (κ3) is 4.86. The molecule has 0 fully saturated rings. The number of methoxy groups -OCH3 is 4. The number of nitrogens with one attached hydrogen (secondary N) is 1. The first kappa shape index (κ1) is 20.5. The van der Waals surface area contributed by atoms with Crippen LogP contribution in [0.4, 0.5) is 5.69 Å². The Labute approximate surface area is 163 Å². The van der Waals surface area contributed by atoms with Gasteiger partial charge in [0.05, 0.1) is 34.1 Å². The molecule has 27 heavy (non-hydrogen) atoms. The van der Waals surface area contributed by atoms with Gasteiger partial charge in [0.2, 0.25) is 5.91 Å². The molecule has 0 aliphatic carbocycles. The number of aryl methyl sites for hydroxylation is 1. The average molecular weight is 392 g/mol. The van der Waals surface area contributed by atoms with Gasteiger partial charge in [-0.2, -0.15) is 0 Å². The van der Waals surface area contributed by atoms with Crippen LogP contribution in [0.1, 0.15) is 11.1 Å². The fourth-order valence-corrected chi connectivity index (χ4v) is 2.61. The van der Waals surface area contributed by atoms with Crippen molar-refractivity contribution in [3.63, 3.8) is 0 Å². The molecule has 0 heterocycles. The lowest BCUT2D eigenvalue weighted by Crippen LogP contribution is -2.09. The van der Waals surface area contributed by atoms with Crippen LogP contribution in [-0.4, -0.2) is 34.3 Å². The lowest BCUT2D eigenvalue weighted by atomic mass is 10.1. The Hall–Kier alpha value is -2.86. The highest BCUT2D eigenvalue weighted by Crippen LogP contribution is 2.35. The largest absolute Gasteiger partial charge is 0.496 e. The lowest BCUT2D eigenvalue weighted by Gasteiger charge is -2.12. The zero-order valence-corrected chi connectivity index (χ0v) is 16.6. The predicted molar refractivity (Wildman–Crippen MR) is 107 cm³/mol. The molecule has 0 radical (unpaired) electrons. The fraction of sp³-hybridized carbons (Fsp3) is 0.250. The molecule has 0 spiro atoms. The van der Waals surface area contributed by atoms with E-state index >= 15 is 0 Å². The van der Waals surface area contributed by atoms with E-state index in [2.05, 4.69) is 5.32 Å². The van der Waals surface area contributed by atoms with Gasteiger partial charge in [-0.25, -0.2) is 0 Å². The molecule has 0 saturated heterocycles. The van der Waals surface area contributed by atoms with Gasteiger partial charge in [-0.3, -0.25) is 4.79 Å². The number of anilines is 1. The molecule has 0 aliphatic rings. The Morgan fingerprint density at radius 2 is 1.48 bits per heavy atom. The van der Waals surface area contributed by atoms with Crippen molar-refractivity contribution >= 4 is 29.3 Å². The van der Waals surface area contributed by atoms with Crippen LogP contribution in [0.2, 0.25) is 5.02 Å². The van der Waals surface area contributed by atoms with Gasteiger partial charge in [0, 0.05) is 28.8 Å². The monoisotopic (exact) mass is 391 g/mol. The normalized spacial score (nSPS) is 10.6. The molecule has 6 nitrogen and oxygen atoms in total. The average Bonchev–Trinajstić information content (AvgIpc) is 2.68. The van der Waals surface area contributed by atoms with Crippen LogP contribution >= 0.6 is 11.6 Å². The van der Waals surface area contributed by atoms with E-state index in [1.165, 1.54) is 13.2 Å². The second-order valence-corrected chi connectivity index (χ2v) is 5.98. The van der Waals surface area contributed by atoms with Crippen molar-refractivity contribution in [2.45, 2.75) is 6.92 Å². The molecule has 1 amide bonds. The van der Waals surface area contributed by atoms with Crippen molar-refractivity contribution in [2.75, 3.05) is 33.8 Å². The molecule has 0 bridgehead atoms. The molecule has 0 atom stereocenters. The summed E-state index contributed by atoms with van der Waals surface area (Å²) < 4.78 is 21.2. The van der Waals surface area contributed by atoms with Gasteiger partial charge in [0.1, 0.15) is 11.5 Å². The maximum atomic E-state index is 12.3. The standard InChI is InChI=1S/C20H22ClNO5/c1-12-8-15(17(25-3)10-14(12)21)22-20(23)7-6-13-9-18(26-4)19(27-5)11-16(13)24-2/h6-11H,1-5H3,(H,22,23)/b7-6+. The molecular weight excluding hydrogens is 370 g/mol. The quantitative estimate of drug-likeness (QED) is 0.711. The maximum Gasteiger partial charge on any atom is 0.248 e. The van der Waals surface area contributed by atoms with Gasteiger partial charge in [-0.1, -0.05) is 11.6 Å². The topological polar surface area (TPSA) is 66.0 Å². The predicted octanol–water partition coefficient (Wildman–Crippen LogP) is 4.33. The minimum absolute atomic E-state index is 0.327. The molecule has 2 aromatic carbocycles. The second kappa shape index (κ2) is 9.19. The van der Waals surface area contributed by atoms with Crippen LogP contribution in [0, 0.1) is 6.92 Å². The van der Waals surface area contributed by atoms with E-state index in [1.54, 1.807) is 51.7 Å². The van der Waals surface area contributed by atoms with Crippen LogP contribution < -0.4 is 24.3 Å². The van der Waals surface area contributed by atoms with Crippen LogP contribution in [0.3, 0.4) is 0 Å². The summed E-state index contributed by atoms with van der Waals surface area (Å²) in [4.78, 5) is 12.3. The summed E-state index contributed by atoms with van der Waals surface area (Å²) in [5, 5.41) is 3.35. The van der Waals surface area contributed by atoms with Gasteiger partial charge < -0.3 is 24.3 Å². The Morgan fingerprint density at radius 1 is 0.889 bits per heavy atom. The van der Waals surface area contributed by atoms with E-state index in [9.17, 15) is 4.79 Å². The Kier molecular flexibility index (Phi) is 6.96. The molecule has 0 aliphatic heterocycles. The van der Waals surface area contributed by atoms with E-state index < -0.39 is 0 Å². The third-order valence-corrected chi connectivity index (χ3v) is 4.30. The second-order valence-electron chi connectivity index (χ2n) is 5.57. The molecule has 2 aromatic rings. The smallest absolute Gasteiger partial charge is 0.248 e. The summed E-state index contributed by atoms with van der Waals surface area (Å²) in [5.41, 5.74) is 2.04. The van der Waals surface area contributed by atoms with Crippen LogP contribution in [0.25, 0.3) is 6.08 Å². The summed E-state index contributed by atoms with van der Waals surface area (Å²) >= 11 is 6.09. The van der Waals surface area contributed by atoms with Crippen molar-refractivity contribution in [2.24, 2.45) is 0 Å². The SMILES string of the molecule is COc1cc(OC)c(OC)cc1/C=C/C(=O)Nc1cc(C)c(Cl)cc1OC. The Bertz CT molecular complexity index is 864. The van der Waals surface area contributed by atoms with Crippen molar-refractivity contribution in [3.8, 4) is 23.0 Å². The van der Waals surface area contributed by atoms with Gasteiger partial charge >= 0.3 is 0 Å². The molecule has 1 N–H and O–H groups in total. The first-order chi connectivity index (χ1) is 12.9. The van der Waals surface area contributed by atoms with Crippen molar-refractivity contribution in [1.29, 1.82) is 0 Å². The minimum atomic E-state index is -0.327. The van der Waals surface area contributed by atoms with Gasteiger partial charge in [0.25, 0.3) is 0 Å².